The van der Waals surface area contributed by atoms with Gasteiger partial charge in [-0.3, -0.25) is 33.7 Å². The van der Waals surface area contributed by atoms with Gasteiger partial charge >= 0.3 is 12.2 Å². The lowest BCUT2D eigenvalue weighted by atomic mass is 9.95. The number of fused-ring (bicyclic) bond motifs is 6. The fraction of sp³-hybridized carbons (Fsp3) is 0.365. The number of hydrogen-bond acceptors (Lipinski definition) is 12. The second kappa shape index (κ2) is 26.6. The van der Waals surface area contributed by atoms with Crippen LogP contribution in [0.5, 0.6) is 11.5 Å². The van der Waals surface area contributed by atoms with Crippen LogP contribution >= 0.6 is 23.2 Å². The third-order valence-corrected chi connectivity index (χ3v) is 16.9. The van der Waals surface area contributed by atoms with Gasteiger partial charge in [0, 0.05) is 168 Å². The number of nitrogens with one attached hydrogen (secondary N) is 2. The minimum Gasteiger partial charge on any atom is -0.409 e. The van der Waals surface area contributed by atoms with Gasteiger partial charge in [-0.15, -0.1) is 23.2 Å². The Labute approximate surface area is 497 Å². The van der Waals surface area contributed by atoms with Crippen LogP contribution in [-0.2, 0) is 28.8 Å². The maximum absolute atomic E-state index is 14.5. The van der Waals surface area contributed by atoms with Gasteiger partial charge in [0.05, 0.1) is 11.4 Å². The van der Waals surface area contributed by atoms with E-state index in [0.717, 1.165) is 58.9 Å². The zero-order valence-electron chi connectivity index (χ0n) is 47.0. The predicted molar refractivity (Wildman–Crippen MR) is 325 cm³/mol. The Morgan fingerprint density at radius 1 is 0.583 bits per heavy atom. The van der Waals surface area contributed by atoms with Gasteiger partial charge in [-0.25, -0.2) is 9.59 Å². The fourth-order valence-electron chi connectivity index (χ4n) is 11.4. The molecule has 0 aromatic heterocycles. The van der Waals surface area contributed by atoms with Crippen LogP contribution in [0.1, 0.15) is 66.2 Å². The number of nitrogens with zero attached hydrogens (tertiary/aromatic N) is 7. The van der Waals surface area contributed by atoms with Gasteiger partial charge in [0.2, 0.25) is 11.8 Å². The van der Waals surface area contributed by atoms with Crippen LogP contribution in [0.15, 0.2) is 103 Å². The lowest BCUT2D eigenvalue weighted by Crippen LogP contribution is -2.48. The molecule has 5 aliphatic heterocycles. The second-order valence-electron chi connectivity index (χ2n) is 21.8. The van der Waals surface area contributed by atoms with E-state index in [9.17, 15) is 38.4 Å². The first-order valence-corrected chi connectivity index (χ1v) is 29.5. The van der Waals surface area contributed by atoms with Gasteiger partial charge in [-0.1, -0.05) is 67.1 Å². The van der Waals surface area contributed by atoms with Crippen molar-refractivity contribution in [3.63, 3.8) is 0 Å². The molecule has 10 rings (SSSR count). The Morgan fingerprint density at radius 2 is 1.08 bits per heavy atom. The highest BCUT2D eigenvalue weighted by Crippen LogP contribution is 2.47. The maximum Gasteiger partial charge on any atom is 0.415 e. The summed E-state index contributed by atoms with van der Waals surface area (Å²) in [6, 6.07) is 23.9. The Hall–Kier alpha value is -8.10. The third kappa shape index (κ3) is 13.3. The van der Waals surface area contributed by atoms with E-state index in [1.165, 1.54) is 29.2 Å². The number of likely N-dealkylation sites (N-methyl/N-ethyl adjacent to an activating group) is 2. The highest BCUT2D eigenvalue weighted by Gasteiger charge is 2.37. The molecule has 19 nitrogen and oxygen atoms in total. The number of imide groups is 1. The van der Waals surface area contributed by atoms with Crippen LogP contribution in [-0.4, -0.2) is 177 Å². The first-order chi connectivity index (χ1) is 40.7. The average molecular weight is 1180 g/mol. The summed E-state index contributed by atoms with van der Waals surface area (Å²) in [7, 11) is 4.01. The van der Waals surface area contributed by atoms with Crippen LogP contribution in [0.25, 0.3) is 33.7 Å². The lowest BCUT2D eigenvalue weighted by Gasteiger charge is -2.31. The molecule has 2 fully saturated rings. The largest absolute Gasteiger partial charge is 0.415 e. The van der Waals surface area contributed by atoms with Crippen LogP contribution in [0.3, 0.4) is 0 Å². The average Bonchev–Trinajstić information content (AvgIpc) is 2.40. The smallest absolute Gasteiger partial charge is 0.409 e. The molecule has 8 amide bonds. The topological polar surface area (TPSA) is 202 Å². The zero-order chi connectivity index (χ0) is 59.0. The van der Waals surface area contributed by atoms with E-state index in [4.69, 9.17) is 32.7 Å². The second-order valence-corrected chi connectivity index (χ2v) is 22.4. The zero-order valence-corrected chi connectivity index (χ0v) is 48.5. The molecule has 0 saturated carbocycles. The maximum atomic E-state index is 14.5. The molecular formula is C63H67Cl2N9O10. The molecule has 0 radical (unpaired) electrons. The monoisotopic (exact) mass is 1180 g/mol. The summed E-state index contributed by atoms with van der Waals surface area (Å²) >= 11 is 13.2. The van der Waals surface area contributed by atoms with E-state index in [1.54, 1.807) is 62.1 Å². The van der Waals surface area contributed by atoms with Crippen molar-refractivity contribution in [1.29, 1.82) is 0 Å². The number of carbonyl (C=O) groups excluding carboxylic acids is 8. The standard InChI is InChI=1S/C63H67Cl2N9O10/c1-68-26-30-70(31-27-68)62(81)83-52-35-50-60(47-12-7-5-10-45(47)52)43(37-64)39-73(50)58(79)19-16-41-15-17-42(49(34-41)67-55(76)23-24-66-54(75)14-4-3-9-25-72-56(77)21-22-57(72)78)18-20-59(80)74-40-44(38-65)61-48-13-8-6-11-46(48)53(36-51(61)74)84-63(82)71-32-28-69(2)29-33-71/h5-8,10-13,15-22,34-36,43-44H,3-4,9,14,23-33,37-40H2,1-2H3,(H,66,75)(H,67,76)/b19-16+,20-18+/t43-,44-/m1/s1. The van der Waals surface area contributed by atoms with Crippen molar-refractivity contribution < 1.29 is 47.8 Å². The van der Waals surface area contributed by atoms with Crippen LogP contribution < -0.4 is 29.9 Å². The summed E-state index contributed by atoms with van der Waals surface area (Å²) in [5, 5.41) is 8.86. The molecule has 5 aromatic carbocycles. The predicted octanol–water partition coefficient (Wildman–Crippen LogP) is 8.18. The van der Waals surface area contributed by atoms with E-state index in [-0.39, 0.29) is 92.2 Å². The molecule has 5 aliphatic rings. The molecule has 2 saturated heterocycles. The van der Waals surface area contributed by atoms with E-state index in [1.807, 2.05) is 62.6 Å². The van der Waals surface area contributed by atoms with E-state index in [2.05, 4.69) is 20.4 Å². The van der Waals surface area contributed by atoms with Crippen molar-refractivity contribution in [2.45, 2.75) is 43.9 Å². The van der Waals surface area contributed by atoms with Crippen molar-refractivity contribution in [2.24, 2.45) is 0 Å². The van der Waals surface area contributed by atoms with Crippen LogP contribution in [0, 0.1) is 0 Å². The third-order valence-electron chi connectivity index (χ3n) is 16.1. The van der Waals surface area contributed by atoms with Gasteiger partial charge in [0.15, 0.2) is 0 Å². The molecule has 2 atom stereocenters. The highest BCUT2D eigenvalue weighted by molar-refractivity contribution is 6.20. The Bertz CT molecular complexity index is 3480. The van der Waals surface area contributed by atoms with Crippen molar-refractivity contribution in [3.8, 4) is 11.5 Å². The lowest BCUT2D eigenvalue weighted by molar-refractivity contribution is -0.137. The van der Waals surface area contributed by atoms with Crippen molar-refractivity contribution >= 4 is 122 Å². The van der Waals surface area contributed by atoms with Crippen molar-refractivity contribution in [2.75, 3.05) is 120 Å². The molecule has 2 N–H and O–H groups in total. The summed E-state index contributed by atoms with van der Waals surface area (Å²) in [5.74, 6) is -1.42. The van der Waals surface area contributed by atoms with Gasteiger partial charge < -0.3 is 49.5 Å². The minimum atomic E-state index is -0.472. The van der Waals surface area contributed by atoms with E-state index < -0.39 is 18.1 Å². The molecular weight excluding hydrogens is 1110 g/mol. The first kappa shape index (κ1) is 59.1. The molecule has 438 valence electrons. The molecule has 0 bridgehead atoms. The summed E-state index contributed by atoms with van der Waals surface area (Å²) in [6.45, 7) is 5.83. The molecule has 21 heteroatoms. The first-order valence-electron chi connectivity index (χ1n) is 28.4. The summed E-state index contributed by atoms with van der Waals surface area (Å²) < 4.78 is 12.2. The number of benzene rings is 5. The SMILES string of the molecule is CN1CCN(C(=O)Oc2cc3c(c4ccccc24)[C@H](CCl)CN3C(=O)/C=C/c2ccc(/C=C/C(=O)N3C[C@@H](CCl)c4c3cc(OC(=O)N3CCN(C)CC3)c3ccccc43)c(NC(=O)CCNC(=O)CCCCCN3C(=O)C=CC3=O)c2)CC1. The molecule has 5 heterocycles. The van der Waals surface area contributed by atoms with Crippen LogP contribution in [0.2, 0.25) is 0 Å². The Morgan fingerprint density at radius 3 is 1.60 bits per heavy atom. The van der Waals surface area contributed by atoms with Gasteiger partial charge in [-0.05, 0) is 78.2 Å². The normalized spacial score (nSPS) is 18.2. The summed E-state index contributed by atoms with van der Waals surface area (Å²) in [6.07, 6.45) is 9.42. The minimum absolute atomic E-state index is 0.0367. The number of unbranched alkanes of at least 4 members (excludes halogenated alkanes) is 2. The van der Waals surface area contributed by atoms with Crippen molar-refractivity contribution in [1.82, 2.24) is 29.8 Å². The van der Waals surface area contributed by atoms with E-state index >= 15 is 0 Å². The van der Waals surface area contributed by atoms with Gasteiger partial charge in [0.1, 0.15) is 11.5 Å². The van der Waals surface area contributed by atoms with Gasteiger partial charge in [0.25, 0.3) is 23.6 Å². The summed E-state index contributed by atoms with van der Waals surface area (Å²) in [4.78, 5) is 118. The number of amides is 8. The number of ether oxygens (including phenoxy) is 2. The number of piperazine rings is 2. The number of hydrogen-bond donors (Lipinski definition) is 2. The molecule has 0 unspecified atom stereocenters. The number of anilines is 3. The van der Waals surface area contributed by atoms with Crippen molar-refractivity contribution in [3.05, 3.63) is 125 Å². The highest BCUT2D eigenvalue weighted by atomic mass is 35.5. The number of rotatable bonds is 18. The van der Waals surface area contributed by atoms with E-state index in [0.29, 0.717) is 85.1 Å². The molecule has 5 aromatic rings. The van der Waals surface area contributed by atoms with Crippen LogP contribution in [0.4, 0.5) is 26.7 Å². The number of alkyl halides is 2. The molecule has 84 heavy (non-hydrogen) atoms. The fourth-order valence-corrected chi connectivity index (χ4v) is 11.9. The Balaban J connectivity index is 0.877. The Kier molecular flexibility index (Phi) is 18.7. The number of halogens is 2. The molecule has 0 spiro atoms. The summed E-state index contributed by atoms with van der Waals surface area (Å²) in [5.41, 5.74) is 4.24. The van der Waals surface area contributed by atoms with Gasteiger partial charge in [-0.2, -0.15) is 0 Å². The quantitative estimate of drug-likeness (QED) is 0.0369. The number of carbonyl (C=O) groups is 8. The molecule has 0 aliphatic carbocycles.